The standard InChI is InChI=1S/C37H60O31/c1-55-27-20(45)26(51)36(68-29(27)30(52)53)67-28-19(44)13(65-32-22(47)14(39)8(38)2-57-32)7-61-37(28)66-12-6-60-35(25(50)18(12)43)64-11-5-59-34(24(49)17(11)42)63-10-4-58-33(23(48)16(10)41)62-9-3-56-31(54)21(46)15(9)40/h8-29,31-51,54H,2-7H2,1H3,(H,52,53)/t8-,9-,10-,11-,12-,13-,14+,15+,16+,17+,18+,19+,20-,21-,22-,23-,24-,25-,26-,27+,28-,29+,31?,32+,33+,34+,35+,36+,37+/m1/s1. The van der Waals surface area contributed by atoms with Crippen molar-refractivity contribution in [3.63, 3.8) is 0 Å². The lowest BCUT2D eigenvalue weighted by Crippen LogP contribution is -2.66. The molecule has 31 nitrogen and oxygen atoms in total. The van der Waals surface area contributed by atoms with Crippen molar-refractivity contribution in [2.45, 2.75) is 178 Å². The van der Waals surface area contributed by atoms with Crippen LogP contribution >= 0.6 is 0 Å². The molecule has 0 spiro atoms. The van der Waals surface area contributed by atoms with E-state index in [1.54, 1.807) is 0 Å². The van der Waals surface area contributed by atoms with Crippen molar-refractivity contribution in [3.8, 4) is 0 Å². The van der Waals surface area contributed by atoms with E-state index in [1.807, 2.05) is 0 Å². The molecule has 394 valence electrons. The number of aliphatic hydroxyl groups is 15. The monoisotopic (exact) mass is 1000 g/mol. The molecule has 7 saturated heterocycles. The molecule has 0 aliphatic carbocycles. The lowest BCUT2D eigenvalue weighted by atomic mass is 9.98. The number of carboxylic acid groups (broad SMARTS) is 1. The first kappa shape index (κ1) is 54.1. The van der Waals surface area contributed by atoms with Gasteiger partial charge in [0.1, 0.15) is 128 Å². The quantitative estimate of drug-likeness (QED) is 0.0768. The molecule has 7 aliphatic heterocycles. The van der Waals surface area contributed by atoms with Gasteiger partial charge in [0.05, 0.1) is 39.6 Å². The van der Waals surface area contributed by atoms with Crippen LogP contribution in [0, 0.1) is 0 Å². The smallest absolute Gasteiger partial charge is 0.335 e. The summed E-state index contributed by atoms with van der Waals surface area (Å²) in [6.45, 7) is -3.12. The molecule has 0 saturated carbocycles. The molecule has 31 heteroatoms. The minimum atomic E-state index is -2.04. The molecule has 0 bridgehead atoms. The van der Waals surface area contributed by atoms with Crippen molar-refractivity contribution in [1.29, 1.82) is 0 Å². The predicted octanol–water partition coefficient (Wildman–Crippen LogP) is -11.7. The van der Waals surface area contributed by atoms with Gasteiger partial charge in [-0.15, -0.1) is 0 Å². The van der Waals surface area contributed by atoms with Gasteiger partial charge in [0, 0.05) is 7.11 Å². The summed E-state index contributed by atoms with van der Waals surface area (Å²) in [6, 6.07) is 0. The van der Waals surface area contributed by atoms with Gasteiger partial charge < -0.3 is 148 Å². The van der Waals surface area contributed by atoms with Crippen LogP contribution in [0.4, 0.5) is 0 Å². The Morgan fingerprint density at radius 2 is 0.721 bits per heavy atom. The summed E-state index contributed by atoms with van der Waals surface area (Å²) in [5.74, 6) is -1.63. The molecule has 0 aromatic heterocycles. The SMILES string of the molecule is CO[C@H]1[C@H](O)[C@@H](O)[C@@H](O[C@H]2[C@H](O[C@@H]3CO[C@@H](O[C@@H]4CO[C@@H](O[C@@H]5CO[C@@H](O[C@@H]6COC(O)[C@H](O)[C@H]6O)[C@H](O)[C@H]5O)[C@H](O)[C@H]4O)[C@H](O)[C@H]3O)OC[C@@H](O[C@@H]3OC[C@@H](O)[C@H](O)[C@H]3O)[C@@H]2O)O[C@@H]1C(=O)O. The second kappa shape index (κ2) is 23.0. The first-order chi connectivity index (χ1) is 32.2. The molecule has 7 aliphatic rings. The first-order valence-corrected chi connectivity index (χ1v) is 21.5. The highest BCUT2D eigenvalue weighted by atomic mass is 16.8. The van der Waals surface area contributed by atoms with E-state index in [0.717, 1.165) is 7.11 Å². The average molecular weight is 1000 g/mol. The van der Waals surface area contributed by atoms with Gasteiger partial charge in [-0.2, -0.15) is 0 Å². The first-order valence-electron chi connectivity index (χ1n) is 21.5. The number of methoxy groups -OCH3 is 1. The van der Waals surface area contributed by atoms with Crippen molar-refractivity contribution in [3.05, 3.63) is 0 Å². The van der Waals surface area contributed by atoms with Gasteiger partial charge in [-0.3, -0.25) is 0 Å². The molecule has 7 rings (SSSR count). The maximum Gasteiger partial charge on any atom is 0.335 e. The van der Waals surface area contributed by atoms with Crippen LogP contribution in [-0.2, 0) is 71.1 Å². The van der Waals surface area contributed by atoms with E-state index >= 15 is 0 Å². The number of ether oxygens (including phenoxy) is 14. The van der Waals surface area contributed by atoms with Crippen LogP contribution in [0.1, 0.15) is 0 Å². The topological polar surface area (TPSA) is 470 Å². The average Bonchev–Trinajstić information content (AvgIpc) is 3.31. The van der Waals surface area contributed by atoms with Gasteiger partial charge in [0.15, 0.2) is 50.1 Å². The minimum absolute atomic E-state index is 0.396. The van der Waals surface area contributed by atoms with Gasteiger partial charge in [-0.25, -0.2) is 4.79 Å². The van der Waals surface area contributed by atoms with E-state index in [4.69, 9.17) is 66.3 Å². The Hall–Kier alpha value is -1.69. The van der Waals surface area contributed by atoms with Crippen LogP contribution in [0.25, 0.3) is 0 Å². The molecule has 0 amide bonds. The van der Waals surface area contributed by atoms with E-state index in [2.05, 4.69) is 0 Å². The van der Waals surface area contributed by atoms with Crippen LogP contribution < -0.4 is 0 Å². The second-order valence-electron chi connectivity index (χ2n) is 17.1. The zero-order chi connectivity index (χ0) is 49.5. The second-order valence-corrected chi connectivity index (χ2v) is 17.1. The van der Waals surface area contributed by atoms with Gasteiger partial charge in [-0.05, 0) is 0 Å². The molecule has 0 aromatic rings. The molecule has 29 atom stereocenters. The highest BCUT2D eigenvalue weighted by Crippen LogP contribution is 2.34. The summed E-state index contributed by atoms with van der Waals surface area (Å²) >= 11 is 0. The van der Waals surface area contributed by atoms with Crippen molar-refractivity contribution >= 4 is 5.97 Å². The number of aliphatic carboxylic acids is 1. The molecule has 7 heterocycles. The number of carboxylic acids is 1. The van der Waals surface area contributed by atoms with Crippen molar-refractivity contribution < 1.29 is 153 Å². The van der Waals surface area contributed by atoms with Gasteiger partial charge >= 0.3 is 5.97 Å². The largest absolute Gasteiger partial charge is 0.479 e. The maximum atomic E-state index is 12.0. The van der Waals surface area contributed by atoms with Crippen LogP contribution in [0.3, 0.4) is 0 Å². The van der Waals surface area contributed by atoms with E-state index in [1.165, 1.54) is 0 Å². The third-order valence-corrected chi connectivity index (χ3v) is 12.5. The third kappa shape index (κ3) is 11.4. The summed E-state index contributed by atoms with van der Waals surface area (Å²) in [7, 11) is 1.05. The highest BCUT2D eigenvalue weighted by molar-refractivity contribution is 5.73. The van der Waals surface area contributed by atoms with Crippen LogP contribution in [0.5, 0.6) is 0 Å². The Labute approximate surface area is 383 Å². The van der Waals surface area contributed by atoms with E-state index in [-0.39, 0.29) is 0 Å². The number of carbonyl (C=O) groups is 1. The molecule has 0 radical (unpaired) electrons. The van der Waals surface area contributed by atoms with Crippen LogP contribution in [0.2, 0.25) is 0 Å². The molecule has 0 aromatic carbocycles. The summed E-state index contributed by atoms with van der Waals surface area (Å²) < 4.78 is 76.8. The normalized spacial score (nSPS) is 52.9. The van der Waals surface area contributed by atoms with Crippen molar-refractivity contribution in [2.24, 2.45) is 0 Å². The predicted molar refractivity (Wildman–Crippen MR) is 201 cm³/mol. The van der Waals surface area contributed by atoms with Crippen molar-refractivity contribution in [2.75, 3.05) is 46.8 Å². The maximum absolute atomic E-state index is 12.0. The van der Waals surface area contributed by atoms with E-state index in [9.17, 15) is 86.5 Å². The highest BCUT2D eigenvalue weighted by Gasteiger charge is 2.55. The molecule has 16 N–H and O–H groups in total. The molecular weight excluding hydrogens is 940 g/mol. The molecule has 68 heavy (non-hydrogen) atoms. The van der Waals surface area contributed by atoms with Gasteiger partial charge in [0.2, 0.25) is 0 Å². The Morgan fingerprint density at radius 1 is 0.368 bits per heavy atom. The number of hydrogen-bond donors (Lipinski definition) is 16. The van der Waals surface area contributed by atoms with Crippen LogP contribution in [-0.4, -0.2) is 313 Å². The Kier molecular flexibility index (Phi) is 18.3. The molecule has 7 fully saturated rings. The summed E-state index contributed by atoms with van der Waals surface area (Å²) in [6.07, 6.45) is -50.1. The fourth-order valence-electron chi connectivity index (χ4n) is 8.38. The lowest BCUT2D eigenvalue weighted by Gasteiger charge is -2.47. The Bertz CT molecular complexity index is 1600. The third-order valence-electron chi connectivity index (χ3n) is 12.5. The fraction of sp³-hybridized carbons (Fsp3) is 0.973. The summed E-state index contributed by atoms with van der Waals surface area (Å²) in [5, 5.41) is 168. The summed E-state index contributed by atoms with van der Waals surface area (Å²) in [5.41, 5.74) is 0. The number of hydrogen-bond acceptors (Lipinski definition) is 30. The summed E-state index contributed by atoms with van der Waals surface area (Å²) in [4.78, 5) is 12.0. The zero-order valence-corrected chi connectivity index (χ0v) is 35.8. The van der Waals surface area contributed by atoms with Gasteiger partial charge in [0.25, 0.3) is 0 Å². The minimum Gasteiger partial charge on any atom is -0.479 e. The number of aliphatic hydroxyl groups excluding tert-OH is 15. The zero-order valence-electron chi connectivity index (χ0n) is 35.8. The van der Waals surface area contributed by atoms with Gasteiger partial charge in [-0.1, -0.05) is 0 Å². The molecular formula is C37H60O31. The number of rotatable bonds is 14. The van der Waals surface area contributed by atoms with Crippen LogP contribution in [0.15, 0.2) is 0 Å². The van der Waals surface area contributed by atoms with Crippen molar-refractivity contribution in [1.82, 2.24) is 0 Å². The fourth-order valence-corrected chi connectivity index (χ4v) is 8.38. The van der Waals surface area contributed by atoms with E-state index in [0.29, 0.717) is 0 Å². The Balaban J connectivity index is 0.941. The Morgan fingerprint density at radius 3 is 1.16 bits per heavy atom. The van der Waals surface area contributed by atoms with E-state index < -0.39 is 224 Å². The lowest BCUT2D eigenvalue weighted by molar-refractivity contribution is -0.383. The molecule has 1 unspecified atom stereocenters.